The van der Waals surface area contributed by atoms with Crippen LogP contribution in [0.3, 0.4) is 0 Å². The molecule has 0 atom stereocenters. The molecule has 4 rings (SSSR count). The van der Waals surface area contributed by atoms with Crippen LogP contribution in [0.25, 0.3) is 22.8 Å². The SMILES string of the molecule is CN(C)Cc1c(C=C2C(=O)Nc3ccc(F)cc32)cc2cccccc1-2. The van der Waals surface area contributed by atoms with E-state index in [-0.39, 0.29) is 11.7 Å². The van der Waals surface area contributed by atoms with Crippen molar-refractivity contribution < 1.29 is 9.18 Å². The van der Waals surface area contributed by atoms with E-state index in [1.807, 2.05) is 38.4 Å². The third-order valence-electron chi connectivity index (χ3n) is 4.60. The zero-order chi connectivity index (χ0) is 18.3. The Morgan fingerprint density at radius 1 is 1.04 bits per heavy atom. The standard InChI is InChI=1S/C22H19FN2O/c1-25(2)13-20-15(10-14-6-4-3-5-7-17(14)20)11-19-18-12-16(23)8-9-21(18)24-22(19)26/h3-12H,13H2,1-2H3,(H,24,26). The predicted molar refractivity (Wildman–Crippen MR) is 103 cm³/mol. The highest BCUT2D eigenvalue weighted by molar-refractivity contribution is 6.35. The first-order valence-electron chi connectivity index (χ1n) is 8.51. The quantitative estimate of drug-likeness (QED) is 0.709. The van der Waals surface area contributed by atoms with Crippen LogP contribution in [0.5, 0.6) is 0 Å². The fourth-order valence-corrected chi connectivity index (χ4v) is 3.45. The molecule has 0 aromatic heterocycles. The molecule has 0 bridgehead atoms. The Balaban J connectivity index is 1.90. The maximum atomic E-state index is 13.7. The van der Waals surface area contributed by atoms with E-state index in [0.29, 0.717) is 16.8 Å². The lowest BCUT2D eigenvalue weighted by Gasteiger charge is -2.11. The first-order valence-corrected chi connectivity index (χ1v) is 8.51. The van der Waals surface area contributed by atoms with Crippen LogP contribution in [0.1, 0.15) is 16.7 Å². The zero-order valence-electron chi connectivity index (χ0n) is 14.7. The van der Waals surface area contributed by atoms with Crippen LogP contribution >= 0.6 is 0 Å². The summed E-state index contributed by atoms with van der Waals surface area (Å²) < 4.78 is 13.7. The average molecular weight is 346 g/mol. The normalized spacial score (nSPS) is 14.9. The summed E-state index contributed by atoms with van der Waals surface area (Å²) in [6.07, 6.45) is 1.87. The van der Waals surface area contributed by atoms with E-state index in [0.717, 1.165) is 28.8 Å². The third kappa shape index (κ3) is 2.89. The summed E-state index contributed by atoms with van der Waals surface area (Å²) in [4.78, 5) is 14.5. The molecule has 130 valence electrons. The van der Waals surface area contributed by atoms with Crippen LogP contribution in [0.15, 0.2) is 54.6 Å². The molecule has 4 heteroatoms. The third-order valence-corrected chi connectivity index (χ3v) is 4.60. The van der Waals surface area contributed by atoms with Crippen molar-refractivity contribution in [2.24, 2.45) is 0 Å². The second-order valence-corrected chi connectivity index (χ2v) is 6.80. The van der Waals surface area contributed by atoms with Crippen molar-refractivity contribution in [1.82, 2.24) is 4.90 Å². The Morgan fingerprint density at radius 3 is 2.65 bits per heavy atom. The van der Waals surface area contributed by atoms with Crippen LogP contribution in [-0.2, 0) is 11.3 Å². The number of halogens is 1. The number of nitrogens with one attached hydrogen (secondary N) is 1. The van der Waals surface area contributed by atoms with Gasteiger partial charge in [-0.15, -0.1) is 0 Å². The van der Waals surface area contributed by atoms with Crippen molar-refractivity contribution in [3.8, 4) is 11.1 Å². The van der Waals surface area contributed by atoms with Gasteiger partial charge in [0.25, 0.3) is 5.91 Å². The highest BCUT2D eigenvalue weighted by Crippen LogP contribution is 2.38. The molecule has 1 aromatic carbocycles. The molecule has 0 unspecified atom stereocenters. The lowest BCUT2D eigenvalue weighted by molar-refractivity contribution is -0.110. The average Bonchev–Trinajstić information content (AvgIpc) is 2.95. The summed E-state index contributed by atoms with van der Waals surface area (Å²) in [5.74, 6) is -0.545. The number of hydrogen-bond acceptors (Lipinski definition) is 2. The lowest BCUT2D eigenvalue weighted by Crippen LogP contribution is -2.11. The Hall–Kier alpha value is -2.98. The molecule has 1 heterocycles. The van der Waals surface area contributed by atoms with Crippen molar-refractivity contribution in [1.29, 1.82) is 0 Å². The van der Waals surface area contributed by atoms with Crippen LogP contribution in [0, 0.1) is 5.82 Å². The first kappa shape index (κ1) is 16.5. The minimum Gasteiger partial charge on any atom is -0.321 e. The van der Waals surface area contributed by atoms with E-state index < -0.39 is 0 Å². The van der Waals surface area contributed by atoms with E-state index >= 15 is 0 Å². The van der Waals surface area contributed by atoms with Gasteiger partial charge in [-0.3, -0.25) is 4.79 Å². The molecule has 0 spiro atoms. The van der Waals surface area contributed by atoms with Crippen molar-refractivity contribution >= 4 is 23.2 Å². The maximum absolute atomic E-state index is 13.7. The summed E-state index contributed by atoms with van der Waals surface area (Å²) in [5.41, 5.74) is 6.19. The number of anilines is 1. The molecule has 1 aromatic rings. The molecule has 1 amide bonds. The number of carbonyl (C=O) groups excluding carboxylic acids is 1. The summed E-state index contributed by atoms with van der Waals surface area (Å²) in [6, 6.07) is 16.6. The molecule has 26 heavy (non-hydrogen) atoms. The molecule has 0 saturated carbocycles. The highest BCUT2D eigenvalue weighted by atomic mass is 19.1. The predicted octanol–water partition coefficient (Wildman–Crippen LogP) is 4.48. The molecule has 1 aliphatic heterocycles. The molecule has 0 radical (unpaired) electrons. The number of hydrogen-bond donors (Lipinski definition) is 1. The fourth-order valence-electron chi connectivity index (χ4n) is 3.45. The molecule has 2 aliphatic carbocycles. The minimum absolute atomic E-state index is 0.197. The largest absolute Gasteiger partial charge is 0.321 e. The molecular weight excluding hydrogens is 327 g/mol. The van der Waals surface area contributed by atoms with Gasteiger partial charge in [0.2, 0.25) is 0 Å². The monoisotopic (exact) mass is 346 g/mol. The van der Waals surface area contributed by atoms with Gasteiger partial charge in [-0.2, -0.15) is 0 Å². The zero-order valence-corrected chi connectivity index (χ0v) is 14.7. The number of carbonyl (C=O) groups is 1. The van der Waals surface area contributed by atoms with E-state index in [1.165, 1.54) is 12.1 Å². The second-order valence-electron chi connectivity index (χ2n) is 6.80. The van der Waals surface area contributed by atoms with Gasteiger partial charge in [-0.25, -0.2) is 4.39 Å². The van der Waals surface area contributed by atoms with Crippen molar-refractivity contribution in [3.63, 3.8) is 0 Å². The Bertz CT molecular complexity index is 1010. The summed E-state index contributed by atoms with van der Waals surface area (Å²) >= 11 is 0. The van der Waals surface area contributed by atoms with Crippen LogP contribution < -0.4 is 5.32 Å². The molecular formula is C22H19FN2O. The van der Waals surface area contributed by atoms with Crippen molar-refractivity contribution in [2.45, 2.75) is 6.54 Å². The Kier molecular flexibility index (Phi) is 4.05. The Labute approximate surface area is 152 Å². The Morgan fingerprint density at radius 2 is 1.85 bits per heavy atom. The van der Waals surface area contributed by atoms with Gasteiger partial charge in [0, 0.05) is 23.4 Å². The number of fused-ring (bicyclic) bond motifs is 2. The van der Waals surface area contributed by atoms with Gasteiger partial charge in [0.15, 0.2) is 0 Å². The van der Waals surface area contributed by atoms with Crippen LogP contribution in [0.4, 0.5) is 10.1 Å². The van der Waals surface area contributed by atoms with Gasteiger partial charge in [-0.1, -0.05) is 30.3 Å². The minimum atomic E-state index is -0.348. The number of nitrogens with zero attached hydrogens (tertiary/aromatic N) is 1. The van der Waals surface area contributed by atoms with Crippen LogP contribution in [-0.4, -0.2) is 24.9 Å². The van der Waals surface area contributed by atoms with E-state index in [2.05, 4.69) is 28.4 Å². The summed E-state index contributed by atoms with van der Waals surface area (Å²) in [5, 5.41) is 2.81. The summed E-state index contributed by atoms with van der Waals surface area (Å²) in [6.45, 7) is 0.754. The van der Waals surface area contributed by atoms with Gasteiger partial charge in [-0.05, 0) is 66.7 Å². The number of rotatable bonds is 3. The number of benzene rings is 1. The molecule has 1 N–H and O–H groups in total. The van der Waals surface area contributed by atoms with Gasteiger partial charge < -0.3 is 10.2 Å². The molecule has 3 nitrogen and oxygen atoms in total. The fraction of sp³-hybridized carbons (Fsp3) is 0.136. The first-order chi connectivity index (χ1) is 12.5. The molecule has 0 fully saturated rings. The van der Waals surface area contributed by atoms with E-state index in [1.54, 1.807) is 6.07 Å². The van der Waals surface area contributed by atoms with Crippen molar-refractivity contribution in [3.05, 3.63) is 77.1 Å². The van der Waals surface area contributed by atoms with Crippen molar-refractivity contribution in [2.75, 3.05) is 19.4 Å². The van der Waals surface area contributed by atoms with E-state index in [9.17, 15) is 9.18 Å². The summed E-state index contributed by atoms with van der Waals surface area (Å²) in [7, 11) is 4.04. The van der Waals surface area contributed by atoms with Gasteiger partial charge >= 0.3 is 0 Å². The van der Waals surface area contributed by atoms with Crippen LogP contribution in [0.2, 0.25) is 0 Å². The smallest absolute Gasteiger partial charge is 0.256 e. The highest BCUT2D eigenvalue weighted by Gasteiger charge is 2.25. The lowest BCUT2D eigenvalue weighted by atomic mass is 10.0. The van der Waals surface area contributed by atoms with Gasteiger partial charge in [0.1, 0.15) is 5.82 Å². The topological polar surface area (TPSA) is 32.3 Å². The maximum Gasteiger partial charge on any atom is 0.256 e. The van der Waals surface area contributed by atoms with E-state index in [4.69, 9.17) is 0 Å². The van der Waals surface area contributed by atoms with Gasteiger partial charge in [0.05, 0.1) is 0 Å². The number of amides is 1. The second kappa shape index (κ2) is 6.39. The molecule has 0 saturated heterocycles. The molecule has 3 aliphatic rings.